The van der Waals surface area contributed by atoms with Crippen LogP contribution in [0.25, 0.3) is 0 Å². The van der Waals surface area contributed by atoms with Crippen LogP contribution in [0.5, 0.6) is 0 Å². The standard InChI is InChI=1S/C7H15N3O2.ClH/c8-6(7(11)12)5-10-3-1-9-2-4-10;/h6,9H,1-5,8H2,(H,11,12);1H/t6-;/m0./s1. The Kier molecular flexibility index (Phi) is 5.98. The van der Waals surface area contributed by atoms with E-state index in [1.54, 1.807) is 0 Å². The third-order valence-corrected chi connectivity index (χ3v) is 1.98. The second-order valence-electron chi connectivity index (χ2n) is 3.00. The van der Waals surface area contributed by atoms with E-state index in [1.807, 2.05) is 0 Å². The van der Waals surface area contributed by atoms with Crippen molar-refractivity contribution in [2.24, 2.45) is 5.73 Å². The van der Waals surface area contributed by atoms with E-state index in [0.29, 0.717) is 6.54 Å². The maximum Gasteiger partial charge on any atom is 0.321 e. The van der Waals surface area contributed by atoms with Gasteiger partial charge in [0.05, 0.1) is 0 Å². The molecule has 1 heterocycles. The van der Waals surface area contributed by atoms with E-state index in [1.165, 1.54) is 0 Å². The van der Waals surface area contributed by atoms with Crippen molar-refractivity contribution in [3.8, 4) is 0 Å². The molecule has 78 valence electrons. The fourth-order valence-corrected chi connectivity index (χ4v) is 1.25. The number of piperazine rings is 1. The van der Waals surface area contributed by atoms with Crippen LogP contribution in [0, 0.1) is 0 Å². The summed E-state index contributed by atoms with van der Waals surface area (Å²) in [6.45, 7) is 4.08. The Hall–Kier alpha value is -0.360. The van der Waals surface area contributed by atoms with Crippen molar-refractivity contribution in [1.82, 2.24) is 10.2 Å². The lowest BCUT2D eigenvalue weighted by atomic mass is 10.2. The highest BCUT2D eigenvalue weighted by Crippen LogP contribution is 1.93. The fourth-order valence-electron chi connectivity index (χ4n) is 1.25. The first-order valence-corrected chi connectivity index (χ1v) is 4.11. The van der Waals surface area contributed by atoms with Gasteiger partial charge in [0.1, 0.15) is 6.04 Å². The molecule has 5 nitrogen and oxygen atoms in total. The predicted molar refractivity (Wildman–Crippen MR) is 52.2 cm³/mol. The van der Waals surface area contributed by atoms with Crippen molar-refractivity contribution in [3.63, 3.8) is 0 Å². The summed E-state index contributed by atoms with van der Waals surface area (Å²) >= 11 is 0. The van der Waals surface area contributed by atoms with Gasteiger partial charge in [-0.1, -0.05) is 0 Å². The molecule has 0 radical (unpaired) electrons. The Labute approximate surface area is 83.7 Å². The molecule has 1 rings (SSSR count). The van der Waals surface area contributed by atoms with Crippen molar-refractivity contribution in [1.29, 1.82) is 0 Å². The van der Waals surface area contributed by atoms with Crippen molar-refractivity contribution < 1.29 is 9.90 Å². The van der Waals surface area contributed by atoms with E-state index in [9.17, 15) is 4.79 Å². The monoisotopic (exact) mass is 209 g/mol. The molecule has 1 aliphatic rings. The second-order valence-corrected chi connectivity index (χ2v) is 3.00. The summed E-state index contributed by atoms with van der Waals surface area (Å²) in [7, 11) is 0. The Morgan fingerprint density at radius 2 is 2.08 bits per heavy atom. The maximum absolute atomic E-state index is 10.4. The first-order chi connectivity index (χ1) is 5.70. The van der Waals surface area contributed by atoms with Crippen LogP contribution in [0.1, 0.15) is 0 Å². The minimum Gasteiger partial charge on any atom is -0.480 e. The number of rotatable bonds is 3. The highest BCUT2D eigenvalue weighted by atomic mass is 35.5. The van der Waals surface area contributed by atoms with E-state index in [0.717, 1.165) is 26.2 Å². The molecule has 0 amide bonds. The summed E-state index contributed by atoms with van der Waals surface area (Å²) in [6, 6.07) is -0.747. The molecule has 0 unspecified atom stereocenters. The molecular weight excluding hydrogens is 194 g/mol. The van der Waals surface area contributed by atoms with Crippen LogP contribution in [-0.4, -0.2) is 54.7 Å². The van der Waals surface area contributed by atoms with Gasteiger partial charge in [0.15, 0.2) is 0 Å². The van der Waals surface area contributed by atoms with Gasteiger partial charge >= 0.3 is 5.97 Å². The second kappa shape index (κ2) is 6.15. The van der Waals surface area contributed by atoms with Gasteiger partial charge in [-0.05, 0) is 0 Å². The minimum atomic E-state index is -0.923. The lowest BCUT2D eigenvalue weighted by Crippen LogP contribution is -2.50. The molecule has 0 saturated carbocycles. The fraction of sp³-hybridized carbons (Fsp3) is 0.857. The van der Waals surface area contributed by atoms with E-state index in [4.69, 9.17) is 10.8 Å². The number of carboxylic acid groups (broad SMARTS) is 1. The zero-order valence-corrected chi connectivity index (χ0v) is 8.22. The van der Waals surface area contributed by atoms with Gasteiger partial charge in [-0.25, -0.2) is 0 Å². The maximum atomic E-state index is 10.4. The third kappa shape index (κ3) is 4.42. The van der Waals surface area contributed by atoms with Gasteiger partial charge in [-0.2, -0.15) is 0 Å². The van der Waals surface area contributed by atoms with Gasteiger partial charge in [-0.15, -0.1) is 12.4 Å². The molecule has 0 aromatic heterocycles. The SMILES string of the molecule is Cl.N[C@@H](CN1CCNCC1)C(=O)O. The summed E-state index contributed by atoms with van der Waals surface area (Å²) < 4.78 is 0. The first kappa shape index (κ1) is 12.6. The molecular formula is C7H16ClN3O2. The summed E-state index contributed by atoms with van der Waals surface area (Å²) in [5, 5.41) is 11.7. The number of nitrogens with one attached hydrogen (secondary N) is 1. The topological polar surface area (TPSA) is 78.6 Å². The van der Waals surface area contributed by atoms with Gasteiger partial charge in [0.2, 0.25) is 0 Å². The zero-order chi connectivity index (χ0) is 8.97. The molecule has 1 fully saturated rings. The molecule has 13 heavy (non-hydrogen) atoms. The Morgan fingerprint density at radius 3 is 2.54 bits per heavy atom. The van der Waals surface area contributed by atoms with Crippen LogP contribution in [0.2, 0.25) is 0 Å². The third-order valence-electron chi connectivity index (χ3n) is 1.98. The Bertz CT molecular complexity index is 162. The molecule has 1 atom stereocenters. The average Bonchev–Trinajstić information content (AvgIpc) is 2.06. The number of hydrogen-bond acceptors (Lipinski definition) is 4. The van der Waals surface area contributed by atoms with E-state index in [2.05, 4.69) is 10.2 Å². The number of nitrogens with zero attached hydrogens (tertiary/aromatic N) is 1. The molecule has 1 saturated heterocycles. The normalized spacial score (nSPS) is 20.4. The molecule has 0 aromatic rings. The summed E-state index contributed by atoms with van der Waals surface area (Å²) in [5.74, 6) is -0.923. The number of halogens is 1. The minimum absolute atomic E-state index is 0. The summed E-state index contributed by atoms with van der Waals surface area (Å²) in [5.41, 5.74) is 5.39. The Morgan fingerprint density at radius 1 is 1.54 bits per heavy atom. The molecule has 4 N–H and O–H groups in total. The van der Waals surface area contributed by atoms with Crippen molar-refractivity contribution >= 4 is 18.4 Å². The van der Waals surface area contributed by atoms with Gasteiger partial charge < -0.3 is 16.2 Å². The smallest absolute Gasteiger partial charge is 0.321 e. The molecule has 0 aliphatic carbocycles. The molecule has 6 heteroatoms. The predicted octanol–water partition coefficient (Wildman–Crippen LogP) is -1.27. The van der Waals surface area contributed by atoms with Crippen molar-refractivity contribution in [2.45, 2.75) is 6.04 Å². The largest absolute Gasteiger partial charge is 0.480 e. The number of aliphatic carboxylic acids is 1. The molecule has 0 bridgehead atoms. The summed E-state index contributed by atoms with van der Waals surface area (Å²) in [6.07, 6.45) is 0. The highest BCUT2D eigenvalue weighted by Gasteiger charge is 2.17. The van der Waals surface area contributed by atoms with Gasteiger partial charge in [0.25, 0.3) is 0 Å². The average molecular weight is 210 g/mol. The number of hydrogen-bond donors (Lipinski definition) is 3. The van der Waals surface area contributed by atoms with Gasteiger partial charge in [-0.3, -0.25) is 9.69 Å². The van der Waals surface area contributed by atoms with Crippen molar-refractivity contribution in [3.05, 3.63) is 0 Å². The summed E-state index contributed by atoms with van der Waals surface area (Å²) in [4.78, 5) is 12.5. The quantitative estimate of drug-likeness (QED) is 0.540. The molecule has 0 aromatic carbocycles. The van der Waals surface area contributed by atoms with E-state index < -0.39 is 12.0 Å². The zero-order valence-electron chi connectivity index (χ0n) is 7.40. The van der Waals surface area contributed by atoms with Crippen LogP contribution in [0.15, 0.2) is 0 Å². The van der Waals surface area contributed by atoms with Crippen LogP contribution < -0.4 is 11.1 Å². The highest BCUT2D eigenvalue weighted by molar-refractivity contribution is 5.85. The molecule has 1 aliphatic heterocycles. The van der Waals surface area contributed by atoms with Gasteiger partial charge in [0, 0.05) is 32.7 Å². The Balaban J connectivity index is 0.00000144. The number of nitrogens with two attached hydrogens (primary N) is 1. The first-order valence-electron chi connectivity index (χ1n) is 4.11. The van der Waals surface area contributed by atoms with Crippen LogP contribution in [-0.2, 0) is 4.79 Å². The number of carboxylic acids is 1. The lowest BCUT2D eigenvalue weighted by Gasteiger charge is -2.28. The van der Waals surface area contributed by atoms with E-state index in [-0.39, 0.29) is 12.4 Å². The van der Waals surface area contributed by atoms with E-state index >= 15 is 0 Å². The lowest BCUT2D eigenvalue weighted by molar-refractivity contribution is -0.139. The van der Waals surface area contributed by atoms with Crippen LogP contribution in [0.4, 0.5) is 0 Å². The van der Waals surface area contributed by atoms with Crippen LogP contribution >= 0.6 is 12.4 Å². The molecule has 0 spiro atoms. The van der Waals surface area contributed by atoms with Crippen LogP contribution in [0.3, 0.4) is 0 Å². The number of carbonyl (C=O) groups is 1. The van der Waals surface area contributed by atoms with Crippen molar-refractivity contribution in [2.75, 3.05) is 32.7 Å².